The normalized spacial score (nSPS) is 11.0. The van der Waals surface area contributed by atoms with Gasteiger partial charge in [0.2, 0.25) is 0 Å². The molecular weight excluding hydrogens is 487 g/mol. The number of aryl methyl sites for hydroxylation is 1. The lowest BCUT2D eigenvalue weighted by atomic mass is 10.2. The second-order valence-corrected chi connectivity index (χ2v) is 6.19. The summed E-state index contributed by atoms with van der Waals surface area (Å²) in [5.74, 6) is 3.89. The number of halogens is 1. The number of nitrogens with one attached hydrogen (secondary N) is 2. The van der Waals surface area contributed by atoms with Crippen LogP contribution in [0.5, 0.6) is 11.5 Å². The number of aromatic nitrogens is 3. The van der Waals surface area contributed by atoms with Gasteiger partial charge in [0.25, 0.3) is 0 Å². The predicted octanol–water partition coefficient (Wildman–Crippen LogP) is 2.03. The molecule has 0 saturated heterocycles. The summed E-state index contributed by atoms with van der Waals surface area (Å²) in [5.41, 5.74) is 0.968. The highest BCUT2D eigenvalue weighted by Crippen LogP contribution is 2.25. The molecule has 0 radical (unpaired) electrons. The number of nitrogens with zero attached hydrogens (tertiary/aromatic N) is 4. The van der Waals surface area contributed by atoms with Crippen LogP contribution in [0.15, 0.2) is 23.2 Å². The van der Waals surface area contributed by atoms with Gasteiger partial charge in [0.15, 0.2) is 11.8 Å². The van der Waals surface area contributed by atoms with Gasteiger partial charge in [-0.05, 0) is 25.5 Å². The smallest absolute Gasteiger partial charge is 0.191 e. The lowest BCUT2D eigenvalue weighted by Gasteiger charge is -2.13. The van der Waals surface area contributed by atoms with Crippen molar-refractivity contribution in [2.24, 2.45) is 12.0 Å². The van der Waals surface area contributed by atoms with E-state index in [1.54, 1.807) is 21.3 Å². The van der Waals surface area contributed by atoms with Gasteiger partial charge in [-0.1, -0.05) is 0 Å². The molecular formula is C19H31IN6O3. The topological polar surface area (TPSA) is 94.8 Å². The highest BCUT2D eigenvalue weighted by atomic mass is 127. The maximum Gasteiger partial charge on any atom is 0.191 e. The molecule has 0 bridgehead atoms. The molecule has 1 aromatic carbocycles. The van der Waals surface area contributed by atoms with Gasteiger partial charge in [0, 0.05) is 38.9 Å². The van der Waals surface area contributed by atoms with Crippen molar-refractivity contribution in [3.63, 3.8) is 0 Å². The number of benzene rings is 1. The average molecular weight is 518 g/mol. The van der Waals surface area contributed by atoms with E-state index in [1.807, 2.05) is 36.7 Å². The summed E-state index contributed by atoms with van der Waals surface area (Å²) < 4.78 is 17.7. The van der Waals surface area contributed by atoms with Gasteiger partial charge >= 0.3 is 0 Å². The Balaban J connectivity index is 0.00000420. The molecule has 10 heteroatoms. The van der Waals surface area contributed by atoms with Crippen LogP contribution in [0.1, 0.15) is 23.6 Å². The molecule has 2 rings (SSSR count). The van der Waals surface area contributed by atoms with E-state index in [-0.39, 0.29) is 24.0 Å². The fourth-order valence-electron chi connectivity index (χ4n) is 2.51. The van der Waals surface area contributed by atoms with Crippen LogP contribution in [0, 0.1) is 6.92 Å². The minimum absolute atomic E-state index is 0. The second kappa shape index (κ2) is 13.2. The number of ether oxygens (including phenoxy) is 3. The van der Waals surface area contributed by atoms with Gasteiger partial charge in [-0.25, -0.2) is 4.99 Å². The number of methoxy groups -OCH3 is 3. The predicted molar refractivity (Wildman–Crippen MR) is 123 cm³/mol. The number of aliphatic imine (C=N–C) groups is 1. The van der Waals surface area contributed by atoms with E-state index in [1.165, 1.54) is 0 Å². The number of hydrogen-bond donors (Lipinski definition) is 2. The largest absolute Gasteiger partial charge is 0.497 e. The molecule has 162 valence electrons. The van der Waals surface area contributed by atoms with E-state index in [2.05, 4.69) is 25.8 Å². The third-order valence-corrected chi connectivity index (χ3v) is 4.32. The van der Waals surface area contributed by atoms with Gasteiger partial charge in [0.05, 0.1) is 27.3 Å². The highest BCUT2D eigenvalue weighted by Gasteiger charge is 2.08. The number of rotatable bonds is 10. The molecule has 0 unspecified atom stereocenters. The van der Waals surface area contributed by atoms with Crippen molar-refractivity contribution in [1.29, 1.82) is 0 Å². The van der Waals surface area contributed by atoms with Crippen molar-refractivity contribution in [2.45, 2.75) is 26.4 Å². The first-order chi connectivity index (χ1) is 13.6. The Morgan fingerprint density at radius 1 is 1.14 bits per heavy atom. The van der Waals surface area contributed by atoms with Gasteiger partial charge in [-0.2, -0.15) is 0 Å². The van der Waals surface area contributed by atoms with Crippen LogP contribution in [-0.2, 0) is 24.9 Å². The zero-order chi connectivity index (χ0) is 20.4. The molecule has 1 heterocycles. The molecule has 0 saturated carbocycles. The maximum atomic E-state index is 5.45. The van der Waals surface area contributed by atoms with Crippen LogP contribution in [0.4, 0.5) is 0 Å². The van der Waals surface area contributed by atoms with Crippen molar-refractivity contribution in [2.75, 3.05) is 34.5 Å². The third kappa shape index (κ3) is 7.69. The third-order valence-electron chi connectivity index (χ3n) is 4.32. The molecule has 9 nitrogen and oxygen atoms in total. The Bertz CT molecular complexity index is 781. The minimum atomic E-state index is 0. The minimum Gasteiger partial charge on any atom is -0.497 e. The molecule has 0 aliphatic heterocycles. The molecule has 2 aromatic rings. The molecule has 0 aliphatic rings. The zero-order valence-electron chi connectivity index (χ0n) is 17.7. The van der Waals surface area contributed by atoms with Gasteiger partial charge < -0.3 is 29.4 Å². The summed E-state index contributed by atoms with van der Waals surface area (Å²) in [6.45, 7) is 4.34. The van der Waals surface area contributed by atoms with E-state index < -0.39 is 0 Å². The maximum absolute atomic E-state index is 5.45. The fraction of sp³-hybridized carbons (Fsp3) is 0.526. The van der Waals surface area contributed by atoms with E-state index in [0.29, 0.717) is 25.7 Å². The first-order valence-corrected chi connectivity index (χ1v) is 9.16. The Morgan fingerprint density at radius 3 is 2.55 bits per heavy atom. The average Bonchev–Trinajstić information content (AvgIpc) is 3.04. The van der Waals surface area contributed by atoms with E-state index in [9.17, 15) is 0 Å². The van der Waals surface area contributed by atoms with Gasteiger partial charge in [-0.15, -0.1) is 34.2 Å². The van der Waals surface area contributed by atoms with Crippen molar-refractivity contribution in [3.05, 3.63) is 35.4 Å². The lowest BCUT2D eigenvalue weighted by molar-refractivity contribution is 0.195. The summed E-state index contributed by atoms with van der Waals surface area (Å²) in [6.07, 6.45) is 0.881. The number of hydrogen-bond acceptors (Lipinski definition) is 6. The van der Waals surface area contributed by atoms with E-state index in [4.69, 9.17) is 14.2 Å². The Labute approximate surface area is 189 Å². The van der Waals surface area contributed by atoms with Crippen molar-refractivity contribution >= 4 is 29.9 Å². The standard InChI is InChI=1S/C19H30N6O3.HI/c1-14-23-24-18(25(14)2)13-22-19(20-9-6-10-26-3)21-12-15-7-8-16(27-4)11-17(15)28-5;/h7-8,11H,6,9-10,12-13H2,1-5H3,(H2,20,21,22);1H. The summed E-state index contributed by atoms with van der Waals surface area (Å²) in [4.78, 5) is 4.68. The Kier molecular flexibility index (Phi) is 11.4. The van der Waals surface area contributed by atoms with Crippen LogP contribution in [0.2, 0.25) is 0 Å². The quantitative estimate of drug-likeness (QED) is 0.215. The molecule has 0 fully saturated rings. The second-order valence-electron chi connectivity index (χ2n) is 6.19. The SMILES string of the molecule is COCCCNC(=NCc1ccc(OC)cc1OC)NCc1nnc(C)n1C.I. The van der Waals surface area contributed by atoms with Gasteiger partial charge in [-0.3, -0.25) is 0 Å². The molecule has 0 spiro atoms. The van der Waals surface area contributed by atoms with Crippen LogP contribution in [0.3, 0.4) is 0 Å². The molecule has 0 amide bonds. The Morgan fingerprint density at radius 2 is 1.93 bits per heavy atom. The zero-order valence-corrected chi connectivity index (χ0v) is 20.0. The Hall–Kier alpha value is -2.08. The van der Waals surface area contributed by atoms with Crippen molar-refractivity contribution < 1.29 is 14.2 Å². The monoisotopic (exact) mass is 518 g/mol. The molecule has 0 atom stereocenters. The molecule has 29 heavy (non-hydrogen) atoms. The summed E-state index contributed by atoms with van der Waals surface area (Å²) >= 11 is 0. The first kappa shape index (κ1) is 25.0. The molecule has 1 aromatic heterocycles. The summed E-state index contributed by atoms with van der Waals surface area (Å²) in [5, 5.41) is 14.9. The first-order valence-electron chi connectivity index (χ1n) is 9.16. The fourth-order valence-corrected chi connectivity index (χ4v) is 2.51. The van der Waals surface area contributed by atoms with E-state index in [0.717, 1.165) is 41.7 Å². The summed E-state index contributed by atoms with van der Waals surface area (Å²) in [6, 6.07) is 5.71. The highest BCUT2D eigenvalue weighted by molar-refractivity contribution is 14.0. The number of guanidine groups is 1. The van der Waals surface area contributed by atoms with E-state index >= 15 is 0 Å². The van der Waals surface area contributed by atoms with Crippen molar-refractivity contribution in [3.8, 4) is 11.5 Å². The van der Waals surface area contributed by atoms with Crippen LogP contribution in [0.25, 0.3) is 0 Å². The van der Waals surface area contributed by atoms with Crippen LogP contribution >= 0.6 is 24.0 Å². The van der Waals surface area contributed by atoms with Crippen LogP contribution < -0.4 is 20.1 Å². The van der Waals surface area contributed by atoms with Crippen molar-refractivity contribution in [1.82, 2.24) is 25.4 Å². The summed E-state index contributed by atoms with van der Waals surface area (Å²) in [7, 11) is 6.91. The molecule has 2 N–H and O–H groups in total. The molecule has 0 aliphatic carbocycles. The van der Waals surface area contributed by atoms with Gasteiger partial charge in [0.1, 0.15) is 17.3 Å². The lowest BCUT2D eigenvalue weighted by Crippen LogP contribution is -2.38. The van der Waals surface area contributed by atoms with Crippen LogP contribution in [-0.4, -0.2) is 55.2 Å².